The standard InChI is InChI=1S/C14H21BrN2O/c1-4-14(3,9-16)13(18)17-10(2)11-7-5-6-8-12(11)15/h5-8,10H,4,9,16H2,1-3H3,(H,17,18). The van der Waals surface area contributed by atoms with E-state index >= 15 is 0 Å². The third-order valence-corrected chi connectivity index (χ3v) is 4.22. The molecule has 0 saturated carbocycles. The van der Waals surface area contributed by atoms with E-state index in [0.717, 1.165) is 16.5 Å². The van der Waals surface area contributed by atoms with Crippen LogP contribution in [-0.2, 0) is 4.79 Å². The maximum absolute atomic E-state index is 12.2. The Labute approximate surface area is 117 Å². The van der Waals surface area contributed by atoms with Crippen LogP contribution in [0.15, 0.2) is 28.7 Å². The fourth-order valence-corrected chi connectivity index (χ4v) is 2.30. The number of carbonyl (C=O) groups is 1. The Balaban J connectivity index is 2.80. The molecule has 18 heavy (non-hydrogen) atoms. The van der Waals surface area contributed by atoms with Crippen LogP contribution in [0.25, 0.3) is 0 Å². The Morgan fingerprint density at radius 2 is 2.11 bits per heavy atom. The van der Waals surface area contributed by atoms with Gasteiger partial charge in [-0.05, 0) is 31.9 Å². The predicted molar refractivity (Wildman–Crippen MR) is 78.2 cm³/mol. The molecule has 2 unspecified atom stereocenters. The molecule has 1 amide bonds. The molecule has 3 N–H and O–H groups in total. The van der Waals surface area contributed by atoms with E-state index in [4.69, 9.17) is 5.73 Å². The first kappa shape index (κ1) is 15.2. The monoisotopic (exact) mass is 312 g/mol. The molecule has 0 saturated heterocycles. The van der Waals surface area contributed by atoms with Crippen LogP contribution in [0, 0.1) is 5.41 Å². The normalized spacial score (nSPS) is 15.8. The van der Waals surface area contributed by atoms with Crippen LogP contribution in [0.3, 0.4) is 0 Å². The lowest BCUT2D eigenvalue weighted by atomic mass is 9.86. The van der Waals surface area contributed by atoms with Crippen LogP contribution in [0.5, 0.6) is 0 Å². The molecule has 0 aliphatic carbocycles. The first-order valence-corrected chi connectivity index (χ1v) is 6.99. The Morgan fingerprint density at radius 1 is 1.50 bits per heavy atom. The Kier molecular flexibility index (Phi) is 5.35. The zero-order valence-electron chi connectivity index (χ0n) is 11.2. The quantitative estimate of drug-likeness (QED) is 0.878. The van der Waals surface area contributed by atoms with Gasteiger partial charge < -0.3 is 11.1 Å². The second-order valence-electron chi connectivity index (χ2n) is 4.84. The highest BCUT2D eigenvalue weighted by atomic mass is 79.9. The highest BCUT2D eigenvalue weighted by molar-refractivity contribution is 9.10. The van der Waals surface area contributed by atoms with E-state index in [9.17, 15) is 4.79 Å². The van der Waals surface area contributed by atoms with E-state index in [1.165, 1.54) is 0 Å². The van der Waals surface area contributed by atoms with Gasteiger partial charge in [-0.15, -0.1) is 0 Å². The Morgan fingerprint density at radius 3 is 2.61 bits per heavy atom. The van der Waals surface area contributed by atoms with Crippen LogP contribution in [-0.4, -0.2) is 12.5 Å². The van der Waals surface area contributed by atoms with Gasteiger partial charge in [0.15, 0.2) is 0 Å². The maximum Gasteiger partial charge on any atom is 0.227 e. The van der Waals surface area contributed by atoms with E-state index in [-0.39, 0.29) is 11.9 Å². The van der Waals surface area contributed by atoms with Crippen molar-refractivity contribution in [1.82, 2.24) is 5.32 Å². The van der Waals surface area contributed by atoms with Gasteiger partial charge >= 0.3 is 0 Å². The second-order valence-corrected chi connectivity index (χ2v) is 5.69. The minimum absolute atomic E-state index is 0.00996. The van der Waals surface area contributed by atoms with Gasteiger partial charge in [0.05, 0.1) is 11.5 Å². The van der Waals surface area contributed by atoms with Gasteiger partial charge in [-0.1, -0.05) is 41.1 Å². The lowest BCUT2D eigenvalue weighted by Gasteiger charge is -2.27. The smallest absolute Gasteiger partial charge is 0.227 e. The second kappa shape index (κ2) is 6.34. The summed E-state index contributed by atoms with van der Waals surface area (Å²) in [7, 11) is 0. The van der Waals surface area contributed by atoms with Crippen molar-refractivity contribution in [2.24, 2.45) is 11.1 Å². The molecule has 0 radical (unpaired) electrons. The van der Waals surface area contributed by atoms with Gasteiger partial charge in [0.1, 0.15) is 0 Å². The molecule has 2 atom stereocenters. The van der Waals surface area contributed by atoms with Crippen molar-refractivity contribution in [2.45, 2.75) is 33.2 Å². The number of carbonyl (C=O) groups excluding carboxylic acids is 1. The van der Waals surface area contributed by atoms with Crippen LogP contribution < -0.4 is 11.1 Å². The van der Waals surface area contributed by atoms with Crippen LogP contribution in [0.4, 0.5) is 0 Å². The largest absolute Gasteiger partial charge is 0.349 e. The summed E-state index contributed by atoms with van der Waals surface area (Å²) < 4.78 is 1.00. The molecule has 1 aromatic rings. The van der Waals surface area contributed by atoms with E-state index in [0.29, 0.717) is 6.54 Å². The SMILES string of the molecule is CCC(C)(CN)C(=O)NC(C)c1ccccc1Br. The Hall–Kier alpha value is -0.870. The number of amides is 1. The molecule has 3 nitrogen and oxygen atoms in total. The number of nitrogens with two attached hydrogens (primary N) is 1. The van der Waals surface area contributed by atoms with E-state index in [1.54, 1.807) is 0 Å². The molecule has 0 fully saturated rings. The van der Waals surface area contributed by atoms with Gasteiger partial charge in [-0.2, -0.15) is 0 Å². The van der Waals surface area contributed by atoms with Gasteiger partial charge in [0.25, 0.3) is 0 Å². The van der Waals surface area contributed by atoms with Crippen molar-refractivity contribution in [2.75, 3.05) is 6.54 Å². The third-order valence-electron chi connectivity index (χ3n) is 3.50. The van der Waals surface area contributed by atoms with Crippen LogP contribution in [0.2, 0.25) is 0 Å². The molecule has 0 heterocycles. The van der Waals surface area contributed by atoms with Crippen molar-refractivity contribution in [3.8, 4) is 0 Å². The molecule has 1 rings (SSSR count). The number of halogens is 1. The summed E-state index contributed by atoms with van der Waals surface area (Å²) in [6, 6.07) is 7.86. The first-order valence-electron chi connectivity index (χ1n) is 6.20. The van der Waals surface area contributed by atoms with Crippen LogP contribution >= 0.6 is 15.9 Å². The molecular formula is C14H21BrN2O. The van der Waals surface area contributed by atoms with Gasteiger partial charge in [-0.3, -0.25) is 4.79 Å². The number of rotatable bonds is 5. The highest BCUT2D eigenvalue weighted by Gasteiger charge is 2.30. The lowest BCUT2D eigenvalue weighted by molar-refractivity contribution is -0.130. The van der Waals surface area contributed by atoms with Crippen molar-refractivity contribution in [3.63, 3.8) is 0 Å². The summed E-state index contributed by atoms with van der Waals surface area (Å²) in [5.41, 5.74) is 6.27. The molecule has 0 bridgehead atoms. The third kappa shape index (κ3) is 3.33. The van der Waals surface area contributed by atoms with Crippen molar-refractivity contribution >= 4 is 21.8 Å². The van der Waals surface area contributed by atoms with Crippen molar-refractivity contribution in [3.05, 3.63) is 34.3 Å². The number of hydrogen-bond acceptors (Lipinski definition) is 2. The summed E-state index contributed by atoms with van der Waals surface area (Å²) in [5, 5.41) is 3.03. The average molecular weight is 313 g/mol. The van der Waals surface area contributed by atoms with E-state index < -0.39 is 5.41 Å². The number of nitrogens with one attached hydrogen (secondary N) is 1. The lowest BCUT2D eigenvalue weighted by Crippen LogP contribution is -2.44. The molecule has 0 aliphatic rings. The summed E-state index contributed by atoms with van der Waals surface area (Å²) in [6.07, 6.45) is 0.734. The fraction of sp³-hybridized carbons (Fsp3) is 0.500. The molecule has 0 aromatic heterocycles. The van der Waals surface area contributed by atoms with Gasteiger partial charge in [0.2, 0.25) is 5.91 Å². The summed E-state index contributed by atoms with van der Waals surface area (Å²) in [4.78, 5) is 12.2. The highest BCUT2D eigenvalue weighted by Crippen LogP contribution is 2.25. The summed E-state index contributed by atoms with van der Waals surface area (Å²) in [5.74, 6) is 0.00996. The molecule has 1 aromatic carbocycles. The zero-order valence-corrected chi connectivity index (χ0v) is 12.8. The Bertz CT molecular complexity index is 416. The van der Waals surface area contributed by atoms with Crippen molar-refractivity contribution < 1.29 is 4.79 Å². The first-order chi connectivity index (χ1) is 8.44. The maximum atomic E-state index is 12.2. The summed E-state index contributed by atoms with van der Waals surface area (Å²) >= 11 is 3.50. The minimum atomic E-state index is -0.491. The number of benzene rings is 1. The van der Waals surface area contributed by atoms with Gasteiger partial charge in [-0.25, -0.2) is 0 Å². The average Bonchev–Trinajstić information content (AvgIpc) is 2.38. The topological polar surface area (TPSA) is 55.1 Å². The predicted octanol–water partition coefficient (Wildman–Crippen LogP) is 3.00. The molecular weight excluding hydrogens is 292 g/mol. The molecule has 4 heteroatoms. The molecule has 0 aliphatic heterocycles. The number of hydrogen-bond donors (Lipinski definition) is 2. The van der Waals surface area contributed by atoms with E-state index in [1.807, 2.05) is 45.0 Å². The minimum Gasteiger partial charge on any atom is -0.349 e. The van der Waals surface area contributed by atoms with Crippen LogP contribution in [0.1, 0.15) is 38.8 Å². The van der Waals surface area contributed by atoms with Gasteiger partial charge in [0, 0.05) is 11.0 Å². The zero-order chi connectivity index (χ0) is 13.8. The molecule has 100 valence electrons. The molecule has 0 spiro atoms. The van der Waals surface area contributed by atoms with Crippen molar-refractivity contribution in [1.29, 1.82) is 0 Å². The van der Waals surface area contributed by atoms with E-state index in [2.05, 4.69) is 21.2 Å². The fourth-order valence-electron chi connectivity index (χ4n) is 1.67. The summed E-state index contributed by atoms with van der Waals surface area (Å²) in [6.45, 7) is 6.22.